The lowest BCUT2D eigenvalue weighted by Crippen LogP contribution is -2.16. The van der Waals surface area contributed by atoms with Gasteiger partial charge in [0.25, 0.3) is 5.91 Å². The van der Waals surface area contributed by atoms with Crippen molar-refractivity contribution in [1.29, 1.82) is 0 Å². The van der Waals surface area contributed by atoms with Crippen LogP contribution in [-0.2, 0) is 28.8 Å². The van der Waals surface area contributed by atoms with Gasteiger partial charge < -0.3 is 15.2 Å². The summed E-state index contributed by atoms with van der Waals surface area (Å²) in [7, 11) is -1.97. The van der Waals surface area contributed by atoms with Crippen molar-refractivity contribution < 1.29 is 28.1 Å². The molecule has 1 aromatic rings. The van der Waals surface area contributed by atoms with Gasteiger partial charge in [0.15, 0.2) is 0 Å². The Morgan fingerprint density at radius 3 is 2.03 bits per heavy atom. The summed E-state index contributed by atoms with van der Waals surface area (Å²) in [5.41, 5.74) is 9.69. The lowest BCUT2D eigenvalue weighted by atomic mass is 10.2. The average molecular weight is 510 g/mol. The number of nitrogen functional groups attached to an aromatic ring is 1. The van der Waals surface area contributed by atoms with Gasteiger partial charge in [0, 0.05) is 30.5 Å². The molecule has 0 aliphatic heterocycles. The van der Waals surface area contributed by atoms with Crippen LogP contribution in [0.5, 0.6) is 0 Å². The van der Waals surface area contributed by atoms with Crippen molar-refractivity contribution in [2.45, 2.75) is 58.2 Å². The Morgan fingerprint density at radius 2 is 1.56 bits per heavy atom. The van der Waals surface area contributed by atoms with Crippen molar-refractivity contribution in [2.24, 2.45) is 4.36 Å². The van der Waals surface area contributed by atoms with Crippen molar-refractivity contribution in [3.63, 3.8) is 0 Å². The number of unbranched alkanes of at least 4 members (excludes halogenated alkanes) is 2. The van der Waals surface area contributed by atoms with E-state index in [-0.39, 0.29) is 47.7 Å². The second-order valence-corrected chi connectivity index (χ2v) is 16.1. The zero-order valence-electron chi connectivity index (χ0n) is 20.6. The predicted molar refractivity (Wildman–Crippen MR) is 135 cm³/mol. The van der Waals surface area contributed by atoms with Crippen molar-refractivity contribution in [1.82, 2.24) is 4.98 Å². The summed E-state index contributed by atoms with van der Waals surface area (Å²) in [6, 6.07) is 1.52. The molecule has 0 spiro atoms. The number of hydrogen-bond donors (Lipinski definition) is 1. The molecular formula is C23H35N3O6SSi. The molecule has 0 aliphatic carbocycles. The Labute approximate surface area is 203 Å². The molecule has 0 atom stereocenters. The Hall–Kier alpha value is -2.71. The third-order valence-corrected chi connectivity index (χ3v) is 7.86. The number of esters is 2. The molecule has 34 heavy (non-hydrogen) atoms. The largest absolute Gasteiger partial charge is 0.469 e. The summed E-state index contributed by atoms with van der Waals surface area (Å²) in [6.07, 6.45) is 3.51. The van der Waals surface area contributed by atoms with Crippen LogP contribution in [0.3, 0.4) is 0 Å². The third-order valence-electron chi connectivity index (χ3n) is 4.63. The van der Waals surface area contributed by atoms with Gasteiger partial charge in [-0.3, -0.25) is 14.4 Å². The van der Waals surface area contributed by atoms with E-state index in [4.69, 9.17) is 5.73 Å². The number of amides is 1. The molecule has 11 heteroatoms. The molecule has 0 bridgehead atoms. The number of nitrogens with zero attached hydrogens (tertiary/aromatic N) is 2. The van der Waals surface area contributed by atoms with Crippen LogP contribution in [0.15, 0.2) is 16.6 Å². The Morgan fingerprint density at radius 1 is 1.03 bits per heavy atom. The third kappa shape index (κ3) is 11.4. The zero-order valence-corrected chi connectivity index (χ0v) is 22.5. The summed E-state index contributed by atoms with van der Waals surface area (Å²) in [4.78, 5) is 39.6. The smallest absolute Gasteiger partial charge is 0.305 e. The highest BCUT2D eigenvalue weighted by molar-refractivity contribution is 7.93. The summed E-state index contributed by atoms with van der Waals surface area (Å²) >= 11 is 0. The van der Waals surface area contributed by atoms with Crippen molar-refractivity contribution in [3.05, 3.63) is 23.4 Å². The minimum atomic E-state index is -2.92. The van der Waals surface area contributed by atoms with Crippen molar-refractivity contribution in [2.75, 3.05) is 31.5 Å². The van der Waals surface area contributed by atoms with Crippen LogP contribution >= 0.6 is 0 Å². The highest BCUT2D eigenvalue weighted by Gasteiger charge is 2.16. The number of ether oxygens (including phenoxy) is 2. The number of hydrogen-bond acceptors (Lipinski definition) is 8. The molecule has 0 radical (unpaired) electrons. The molecule has 0 saturated heterocycles. The number of carbonyl (C=O) groups is 3. The summed E-state index contributed by atoms with van der Waals surface area (Å²) in [6.45, 7) is 6.26. The Bertz CT molecular complexity index is 1030. The van der Waals surface area contributed by atoms with E-state index in [2.05, 4.69) is 49.9 Å². The monoisotopic (exact) mass is 509 g/mol. The van der Waals surface area contributed by atoms with Gasteiger partial charge in [-0.15, -0.1) is 5.54 Å². The van der Waals surface area contributed by atoms with Crippen molar-refractivity contribution in [3.8, 4) is 11.5 Å². The maximum absolute atomic E-state index is 13.5. The van der Waals surface area contributed by atoms with E-state index in [1.807, 2.05) is 0 Å². The summed E-state index contributed by atoms with van der Waals surface area (Å²) < 4.78 is 26.8. The predicted octanol–water partition coefficient (Wildman–Crippen LogP) is 3.19. The van der Waals surface area contributed by atoms with Gasteiger partial charge in [-0.2, -0.15) is 4.36 Å². The Balaban J connectivity index is 3.10. The second-order valence-electron chi connectivity index (χ2n) is 8.80. The first-order chi connectivity index (χ1) is 15.9. The van der Waals surface area contributed by atoms with E-state index < -0.39 is 23.7 Å². The fraction of sp³-hybridized carbons (Fsp3) is 0.565. The first-order valence-electron chi connectivity index (χ1n) is 11.1. The quantitative estimate of drug-likeness (QED) is 0.208. The Kier molecular flexibility index (Phi) is 12.0. The molecule has 1 amide bonds. The van der Waals surface area contributed by atoms with Crippen LogP contribution in [0.1, 0.15) is 54.4 Å². The van der Waals surface area contributed by atoms with Gasteiger partial charge in [0.2, 0.25) is 0 Å². The van der Waals surface area contributed by atoms with Gasteiger partial charge in [0.05, 0.1) is 35.1 Å². The van der Waals surface area contributed by atoms with E-state index >= 15 is 0 Å². The summed E-state index contributed by atoms with van der Waals surface area (Å²) in [5, 5.41) is 0. The van der Waals surface area contributed by atoms with E-state index in [1.165, 1.54) is 26.5 Å². The van der Waals surface area contributed by atoms with Gasteiger partial charge in [0.1, 0.15) is 13.9 Å². The normalized spacial score (nSPS) is 11.2. The molecule has 0 fully saturated rings. The highest BCUT2D eigenvalue weighted by atomic mass is 32.2. The lowest BCUT2D eigenvalue weighted by Gasteiger charge is -2.10. The van der Waals surface area contributed by atoms with Gasteiger partial charge >= 0.3 is 11.9 Å². The maximum atomic E-state index is 13.5. The number of aromatic nitrogens is 1. The van der Waals surface area contributed by atoms with Crippen molar-refractivity contribution >= 4 is 41.5 Å². The molecule has 0 aromatic carbocycles. The van der Waals surface area contributed by atoms with Crippen LogP contribution in [0.25, 0.3) is 0 Å². The lowest BCUT2D eigenvalue weighted by molar-refractivity contribution is -0.141. The van der Waals surface area contributed by atoms with Gasteiger partial charge in [-0.25, -0.2) is 9.19 Å². The molecule has 1 heterocycles. The topological polar surface area (TPSA) is 138 Å². The molecule has 0 saturated carbocycles. The number of rotatable bonds is 11. The van der Waals surface area contributed by atoms with E-state index in [9.17, 15) is 18.6 Å². The average Bonchev–Trinajstić information content (AvgIpc) is 2.78. The minimum absolute atomic E-state index is 0.151. The van der Waals surface area contributed by atoms with Gasteiger partial charge in [-0.05, 0) is 31.7 Å². The van der Waals surface area contributed by atoms with Crippen LogP contribution in [0, 0.1) is 11.5 Å². The van der Waals surface area contributed by atoms with Crippen LogP contribution in [0.4, 0.5) is 5.82 Å². The molecule has 1 aromatic heterocycles. The van der Waals surface area contributed by atoms with Crippen LogP contribution < -0.4 is 5.73 Å². The summed E-state index contributed by atoms with van der Waals surface area (Å²) in [5.74, 6) is 2.16. The number of carbonyl (C=O) groups excluding carboxylic acids is 3. The molecule has 2 N–H and O–H groups in total. The number of methoxy groups -OCH3 is 2. The molecule has 188 valence electrons. The van der Waals surface area contributed by atoms with Crippen LogP contribution in [0.2, 0.25) is 19.6 Å². The number of nitrogens with two attached hydrogens (primary N) is 1. The molecule has 9 nitrogen and oxygen atoms in total. The molecule has 0 aliphatic rings. The maximum Gasteiger partial charge on any atom is 0.305 e. The second kappa shape index (κ2) is 13.9. The minimum Gasteiger partial charge on any atom is -0.469 e. The molecule has 1 rings (SSSR count). The van der Waals surface area contributed by atoms with E-state index in [0.29, 0.717) is 31.2 Å². The molecule has 0 unspecified atom stereocenters. The fourth-order valence-electron chi connectivity index (χ4n) is 2.74. The first-order valence-corrected chi connectivity index (χ1v) is 16.4. The zero-order chi connectivity index (χ0) is 25.8. The number of pyridine rings is 1. The van der Waals surface area contributed by atoms with Gasteiger partial charge in [-0.1, -0.05) is 25.6 Å². The SMILES string of the molecule is COC(=O)CCCCS(=O)(CCCCC(=O)OC)=NC(=O)c1cnc(N)c(C#C[Si](C)(C)C)c1. The van der Waals surface area contributed by atoms with Crippen LogP contribution in [-0.4, -0.2) is 60.8 Å². The molecular weight excluding hydrogens is 474 g/mol. The van der Waals surface area contributed by atoms with E-state index in [1.54, 1.807) is 0 Å². The number of anilines is 1. The highest BCUT2D eigenvalue weighted by Crippen LogP contribution is 2.15. The standard InChI is InChI=1S/C23H35N3O6SSi/c1-31-20(27)10-6-8-13-33(30,14-9-7-11-21(28)32-2)26-23(29)19-16-18(22(24)25-17-19)12-15-34(3,4)5/h16-17H,6-11,13-14H2,1-5H3,(H2,24,25). The van der Waals surface area contributed by atoms with E-state index in [0.717, 1.165) is 0 Å². The fourth-order valence-corrected chi connectivity index (χ4v) is 5.36. The first kappa shape index (κ1) is 29.3.